The number of hydrogen-bond acceptors (Lipinski definition) is 3. The summed E-state index contributed by atoms with van der Waals surface area (Å²) in [5, 5.41) is 10.6. The van der Waals surface area contributed by atoms with Gasteiger partial charge in [0.25, 0.3) is 0 Å². The van der Waals surface area contributed by atoms with Crippen molar-refractivity contribution in [3.63, 3.8) is 0 Å². The first-order valence-electron chi connectivity index (χ1n) is 6.92. The van der Waals surface area contributed by atoms with E-state index in [1.807, 2.05) is 32.5 Å². The summed E-state index contributed by atoms with van der Waals surface area (Å²) < 4.78 is 1.88. The molecule has 19 heavy (non-hydrogen) atoms. The van der Waals surface area contributed by atoms with Gasteiger partial charge in [-0.2, -0.15) is 5.10 Å². The Balaban J connectivity index is 2.68. The Morgan fingerprint density at radius 1 is 1.37 bits per heavy atom. The number of rotatable bonds is 6. The second-order valence-electron chi connectivity index (χ2n) is 5.11. The maximum absolute atomic E-state index is 11.8. The summed E-state index contributed by atoms with van der Waals surface area (Å²) in [7, 11) is 1.94. The van der Waals surface area contributed by atoms with Crippen LogP contribution < -0.4 is 10.6 Å². The van der Waals surface area contributed by atoms with Gasteiger partial charge in [0, 0.05) is 30.9 Å². The van der Waals surface area contributed by atoms with Crippen LogP contribution in [0.1, 0.15) is 50.2 Å². The van der Waals surface area contributed by atoms with Crippen LogP contribution in [-0.4, -0.2) is 28.3 Å². The summed E-state index contributed by atoms with van der Waals surface area (Å²) in [6.07, 6.45) is 0.953. The van der Waals surface area contributed by atoms with Gasteiger partial charge in [-0.05, 0) is 34.1 Å². The Kier molecular flexibility index (Phi) is 5.54. The van der Waals surface area contributed by atoms with Crippen molar-refractivity contribution in [1.29, 1.82) is 0 Å². The molecule has 1 amide bonds. The first-order valence-corrected chi connectivity index (χ1v) is 6.92. The van der Waals surface area contributed by atoms with Crippen LogP contribution in [0.3, 0.4) is 0 Å². The van der Waals surface area contributed by atoms with E-state index in [-0.39, 0.29) is 18.0 Å². The zero-order valence-electron chi connectivity index (χ0n) is 12.9. The lowest BCUT2D eigenvalue weighted by Gasteiger charge is -2.20. The molecule has 2 unspecified atom stereocenters. The summed E-state index contributed by atoms with van der Waals surface area (Å²) in [4.78, 5) is 11.8. The Labute approximate surface area is 115 Å². The largest absolute Gasteiger partial charge is 0.355 e. The average Bonchev–Trinajstić information content (AvgIpc) is 2.60. The van der Waals surface area contributed by atoms with Crippen molar-refractivity contribution in [2.45, 2.75) is 53.1 Å². The summed E-state index contributed by atoms with van der Waals surface area (Å²) in [5.74, 6) is 0.0490. The number of nitrogens with zero attached hydrogens (tertiary/aromatic N) is 2. The van der Waals surface area contributed by atoms with Crippen LogP contribution in [0.25, 0.3) is 0 Å². The molecule has 5 nitrogen and oxygen atoms in total. The fraction of sp³-hybridized carbons (Fsp3) is 0.714. The fourth-order valence-corrected chi connectivity index (χ4v) is 2.35. The molecule has 0 saturated heterocycles. The van der Waals surface area contributed by atoms with E-state index in [0.717, 1.165) is 24.4 Å². The molecule has 1 rings (SSSR count). The van der Waals surface area contributed by atoms with Crippen LogP contribution >= 0.6 is 0 Å². The maximum atomic E-state index is 11.8. The third kappa shape index (κ3) is 3.80. The Morgan fingerprint density at radius 2 is 2.00 bits per heavy atom. The van der Waals surface area contributed by atoms with Gasteiger partial charge in [0.15, 0.2) is 0 Å². The highest BCUT2D eigenvalue weighted by Gasteiger charge is 2.20. The summed E-state index contributed by atoms with van der Waals surface area (Å²) in [5.41, 5.74) is 3.33. The molecule has 0 fully saturated rings. The van der Waals surface area contributed by atoms with Gasteiger partial charge in [-0.1, -0.05) is 6.92 Å². The minimum Gasteiger partial charge on any atom is -0.355 e. The van der Waals surface area contributed by atoms with Gasteiger partial charge in [0.2, 0.25) is 5.91 Å². The zero-order valence-corrected chi connectivity index (χ0v) is 12.9. The second kappa shape index (κ2) is 6.70. The molecule has 5 heteroatoms. The molecule has 0 aromatic carbocycles. The Hall–Kier alpha value is -1.36. The van der Waals surface area contributed by atoms with Crippen LogP contribution in [0.5, 0.6) is 0 Å². The molecule has 1 aromatic heterocycles. The predicted molar refractivity (Wildman–Crippen MR) is 77.0 cm³/mol. The molecule has 2 N–H and O–H groups in total. The predicted octanol–water partition coefficient (Wildman–Crippen LogP) is 1.60. The second-order valence-corrected chi connectivity index (χ2v) is 5.11. The first kappa shape index (κ1) is 15.7. The Morgan fingerprint density at radius 3 is 2.47 bits per heavy atom. The van der Waals surface area contributed by atoms with Crippen molar-refractivity contribution >= 4 is 5.91 Å². The van der Waals surface area contributed by atoms with E-state index >= 15 is 0 Å². The number of hydrogen-bond donors (Lipinski definition) is 2. The molecule has 0 aliphatic carbocycles. The molecule has 0 radical (unpaired) electrons. The average molecular weight is 266 g/mol. The third-order valence-corrected chi connectivity index (χ3v) is 3.44. The highest BCUT2D eigenvalue weighted by atomic mass is 16.2. The van der Waals surface area contributed by atoms with E-state index < -0.39 is 0 Å². The van der Waals surface area contributed by atoms with Crippen LogP contribution in [0, 0.1) is 13.8 Å². The van der Waals surface area contributed by atoms with Crippen molar-refractivity contribution in [2.75, 3.05) is 6.54 Å². The first-order chi connectivity index (χ1) is 8.88. The van der Waals surface area contributed by atoms with E-state index in [9.17, 15) is 4.79 Å². The zero-order chi connectivity index (χ0) is 14.6. The van der Waals surface area contributed by atoms with Gasteiger partial charge < -0.3 is 5.32 Å². The monoisotopic (exact) mass is 266 g/mol. The molecule has 2 atom stereocenters. The SMILES string of the molecule is CCCNC(=O)C(C)NC(C)c1c(C)nn(C)c1C. The number of aromatic nitrogens is 2. The van der Waals surface area contributed by atoms with E-state index in [1.54, 1.807) is 0 Å². The van der Waals surface area contributed by atoms with Crippen LogP contribution in [0.4, 0.5) is 0 Å². The van der Waals surface area contributed by atoms with Gasteiger partial charge >= 0.3 is 0 Å². The van der Waals surface area contributed by atoms with Crippen molar-refractivity contribution in [3.8, 4) is 0 Å². The van der Waals surface area contributed by atoms with E-state index in [2.05, 4.69) is 29.6 Å². The van der Waals surface area contributed by atoms with Crippen molar-refractivity contribution < 1.29 is 4.79 Å². The number of carbonyl (C=O) groups is 1. The molecule has 0 bridgehead atoms. The van der Waals surface area contributed by atoms with Gasteiger partial charge in [0.05, 0.1) is 11.7 Å². The fourth-order valence-electron chi connectivity index (χ4n) is 2.35. The molecule has 0 spiro atoms. The van der Waals surface area contributed by atoms with Crippen molar-refractivity contribution in [3.05, 3.63) is 17.0 Å². The standard InChI is InChI=1S/C14H26N4O/c1-7-8-15-14(19)11(4)16-9(2)13-10(3)17-18(6)12(13)5/h9,11,16H,7-8H2,1-6H3,(H,15,19). The third-order valence-electron chi connectivity index (χ3n) is 3.44. The molecule has 1 heterocycles. The van der Waals surface area contributed by atoms with Crippen LogP contribution in [-0.2, 0) is 11.8 Å². The summed E-state index contributed by atoms with van der Waals surface area (Å²) in [6.45, 7) is 10.8. The minimum absolute atomic E-state index is 0.0490. The van der Waals surface area contributed by atoms with Gasteiger partial charge in [-0.25, -0.2) is 0 Å². The van der Waals surface area contributed by atoms with Gasteiger partial charge in [0.1, 0.15) is 0 Å². The summed E-state index contributed by atoms with van der Waals surface area (Å²) in [6, 6.07) is -0.100. The van der Waals surface area contributed by atoms with E-state index in [1.165, 1.54) is 5.56 Å². The topological polar surface area (TPSA) is 59.0 Å². The van der Waals surface area contributed by atoms with Crippen LogP contribution in [0.15, 0.2) is 0 Å². The molecule has 0 aliphatic rings. The van der Waals surface area contributed by atoms with E-state index in [0.29, 0.717) is 0 Å². The number of amides is 1. The molecule has 0 aliphatic heterocycles. The number of nitrogens with one attached hydrogen (secondary N) is 2. The molecular formula is C14H26N4O. The molecule has 108 valence electrons. The highest BCUT2D eigenvalue weighted by Crippen LogP contribution is 2.20. The Bertz CT molecular complexity index is 439. The normalized spacial score (nSPS) is 14.2. The molecule has 0 saturated carbocycles. The molecular weight excluding hydrogens is 240 g/mol. The van der Waals surface area contributed by atoms with Gasteiger partial charge in [-0.15, -0.1) is 0 Å². The smallest absolute Gasteiger partial charge is 0.236 e. The lowest BCUT2D eigenvalue weighted by molar-refractivity contribution is -0.122. The lowest BCUT2D eigenvalue weighted by Crippen LogP contribution is -2.43. The van der Waals surface area contributed by atoms with Crippen molar-refractivity contribution in [2.24, 2.45) is 7.05 Å². The minimum atomic E-state index is -0.208. The van der Waals surface area contributed by atoms with Crippen molar-refractivity contribution in [1.82, 2.24) is 20.4 Å². The number of carbonyl (C=O) groups excluding carboxylic acids is 1. The highest BCUT2D eigenvalue weighted by molar-refractivity contribution is 5.81. The van der Waals surface area contributed by atoms with Crippen LogP contribution in [0.2, 0.25) is 0 Å². The quantitative estimate of drug-likeness (QED) is 0.822. The van der Waals surface area contributed by atoms with E-state index in [4.69, 9.17) is 0 Å². The number of aryl methyl sites for hydroxylation is 2. The maximum Gasteiger partial charge on any atom is 0.236 e. The summed E-state index contributed by atoms with van der Waals surface area (Å²) >= 11 is 0. The van der Waals surface area contributed by atoms with Gasteiger partial charge in [-0.3, -0.25) is 14.8 Å². The molecule has 1 aromatic rings. The lowest BCUT2D eigenvalue weighted by atomic mass is 10.1.